The number of aryl methyl sites for hydroxylation is 1. The zero-order valence-corrected chi connectivity index (χ0v) is 11.1. The molecular weight excluding hydrogens is 260 g/mol. The Morgan fingerprint density at radius 2 is 1.89 bits per heavy atom. The summed E-state index contributed by atoms with van der Waals surface area (Å²) in [4.78, 5) is 16.6. The Balaban J connectivity index is 2.40. The molecule has 3 aromatic rings. The van der Waals surface area contributed by atoms with Gasteiger partial charge in [-0.25, -0.2) is 4.98 Å². The summed E-state index contributed by atoms with van der Waals surface area (Å²) in [7, 11) is 1.72. The molecule has 2 heterocycles. The normalized spacial score (nSPS) is 10.8. The summed E-state index contributed by atoms with van der Waals surface area (Å²) in [6.45, 7) is 0. The van der Waals surface area contributed by atoms with Crippen molar-refractivity contribution in [3.8, 4) is 11.1 Å². The van der Waals surface area contributed by atoms with Gasteiger partial charge in [-0.2, -0.15) is 0 Å². The maximum absolute atomic E-state index is 12.4. The molecule has 0 fully saturated rings. The van der Waals surface area contributed by atoms with Gasteiger partial charge in [0, 0.05) is 34.8 Å². The minimum Gasteiger partial charge on any atom is -0.295 e. The molecule has 94 valence electrons. The summed E-state index contributed by atoms with van der Waals surface area (Å²) in [5.41, 5.74) is 1.91. The molecule has 3 nitrogen and oxygen atoms in total. The summed E-state index contributed by atoms with van der Waals surface area (Å²) in [6.07, 6.45) is 1.68. The number of aromatic nitrogens is 2. The van der Waals surface area contributed by atoms with Crippen LogP contribution in [0.5, 0.6) is 0 Å². The first kappa shape index (κ1) is 11.9. The van der Waals surface area contributed by atoms with Gasteiger partial charge in [-0.05, 0) is 24.3 Å². The van der Waals surface area contributed by atoms with Crippen molar-refractivity contribution in [1.29, 1.82) is 0 Å². The van der Waals surface area contributed by atoms with Gasteiger partial charge in [0.15, 0.2) is 0 Å². The van der Waals surface area contributed by atoms with Crippen LogP contribution >= 0.6 is 11.6 Å². The van der Waals surface area contributed by atoms with Crippen LogP contribution in [-0.4, -0.2) is 9.55 Å². The van der Waals surface area contributed by atoms with Gasteiger partial charge >= 0.3 is 0 Å². The molecule has 19 heavy (non-hydrogen) atoms. The number of hydrogen-bond acceptors (Lipinski definition) is 2. The molecule has 0 unspecified atom stereocenters. The summed E-state index contributed by atoms with van der Waals surface area (Å²) in [5, 5.41) is 1.49. The lowest BCUT2D eigenvalue weighted by Crippen LogP contribution is -2.19. The molecule has 4 heteroatoms. The summed E-state index contributed by atoms with van der Waals surface area (Å²) < 4.78 is 1.55. The van der Waals surface area contributed by atoms with E-state index < -0.39 is 0 Å². The number of benzene rings is 1. The Bertz CT molecular complexity index is 824. The first-order valence-electron chi connectivity index (χ1n) is 5.88. The van der Waals surface area contributed by atoms with Crippen molar-refractivity contribution < 1.29 is 0 Å². The largest absolute Gasteiger partial charge is 0.295 e. The van der Waals surface area contributed by atoms with Crippen LogP contribution in [0.2, 0.25) is 5.02 Å². The molecule has 0 atom stereocenters. The lowest BCUT2D eigenvalue weighted by atomic mass is 10.1. The van der Waals surface area contributed by atoms with Crippen molar-refractivity contribution in [3.63, 3.8) is 0 Å². The highest BCUT2D eigenvalue weighted by atomic mass is 35.5. The monoisotopic (exact) mass is 270 g/mol. The van der Waals surface area contributed by atoms with Gasteiger partial charge in [0.25, 0.3) is 5.56 Å². The van der Waals surface area contributed by atoms with Crippen LogP contribution in [0.1, 0.15) is 0 Å². The highest BCUT2D eigenvalue weighted by Crippen LogP contribution is 2.26. The molecule has 0 spiro atoms. The van der Waals surface area contributed by atoms with E-state index in [1.54, 1.807) is 23.9 Å². The third-order valence-electron chi connectivity index (χ3n) is 3.13. The number of pyridine rings is 2. The molecule has 0 saturated carbocycles. The van der Waals surface area contributed by atoms with E-state index in [1.807, 2.05) is 36.4 Å². The van der Waals surface area contributed by atoms with E-state index in [1.165, 1.54) is 0 Å². The van der Waals surface area contributed by atoms with E-state index in [9.17, 15) is 4.79 Å². The SMILES string of the molecule is Cn1c(=O)c(-c2ccccc2Cl)cc2cccnc21. The predicted molar refractivity (Wildman–Crippen MR) is 77.4 cm³/mol. The molecule has 0 saturated heterocycles. The van der Waals surface area contributed by atoms with E-state index in [0.717, 1.165) is 10.9 Å². The van der Waals surface area contributed by atoms with Gasteiger partial charge < -0.3 is 0 Å². The third-order valence-corrected chi connectivity index (χ3v) is 3.46. The van der Waals surface area contributed by atoms with Crippen LogP contribution in [0.15, 0.2) is 53.5 Å². The second-order valence-corrected chi connectivity index (χ2v) is 4.73. The summed E-state index contributed by atoms with van der Waals surface area (Å²) in [6, 6.07) is 13.0. The molecule has 3 rings (SSSR count). The van der Waals surface area contributed by atoms with Gasteiger partial charge in [0.05, 0.1) is 0 Å². The highest BCUT2D eigenvalue weighted by molar-refractivity contribution is 6.33. The maximum Gasteiger partial charge on any atom is 0.259 e. The standard InChI is InChI=1S/C15H11ClN2O/c1-18-14-10(5-4-8-17-14)9-12(15(18)19)11-6-2-3-7-13(11)16/h2-9H,1H3. The van der Waals surface area contributed by atoms with Crippen molar-refractivity contribution in [3.05, 3.63) is 64.0 Å². The van der Waals surface area contributed by atoms with Crippen LogP contribution in [0.4, 0.5) is 0 Å². The van der Waals surface area contributed by atoms with Gasteiger partial charge in [-0.3, -0.25) is 9.36 Å². The minimum atomic E-state index is -0.0979. The number of rotatable bonds is 1. The van der Waals surface area contributed by atoms with Crippen molar-refractivity contribution in [2.24, 2.45) is 7.05 Å². The fourth-order valence-corrected chi connectivity index (χ4v) is 2.41. The molecule has 0 radical (unpaired) electrons. The predicted octanol–water partition coefficient (Wildman–Crippen LogP) is 3.25. The maximum atomic E-state index is 12.4. The Kier molecular flexibility index (Phi) is 2.84. The molecular formula is C15H11ClN2O. The van der Waals surface area contributed by atoms with Crippen LogP contribution in [0.25, 0.3) is 22.2 Å². The Hall–Kier alpha value is -2.13. The second kappa shape index (κ2) is 4.52. The molecule has 0 aliphatic heterocycles. The van der Waals surface area contributed by atoms with Crippen molar-refractivity contribution in [1.82, 2.24) is 9.55 Å². The second-order valence-electron chi connectivity index (χ2n) is 4.32. The fraction of sp³-hybridized carbons (Fsp3) is 0.0667. The van der Waals surface area contributed by atoms with Gasteiger partial charge in [-0.15, -0.1) is 0 Å². The Labute approximate surface area is 115 Å². The smallest absolute Gasteiger partial charge is 0.259 e. The molecule has 0 amide bonds. The molecule has 2 aromatic heterocycles. The lowest BCUT2D eigenvalue weighted by molar-refractivity contribution is 0.890. The molecule has 0 N–H and O–H groups in total. The number of hydrogen-bond donors (Lipinski definition) is 0. The zero-order chi connectivity index (χ0) is 13.4. The average molecular weight is 271 g/mol. The first-order chi connectivity index (χ1) is 9.18. The van der Waals surface area contributed by atoms with E-state index >= 15 is 0 Å². The molecule has 1 aromatic carbocycles. The Morgan fingerprint density at radius 1 is 1.11 bits per heavy atom. The minimum absolute atomic E-state index is 0.0979. The van der Waals surface area contributed by atoms with Gasteiger partial charge in [-0.1, -0.05) is 29.8 Å². The molecule has 0 bridgehead atoms. The molecule has 0 aliphatic carbocycles. The van der Waals surface area contributed by atoms with E-state index in [0.29, 0.717) is 16.2 Å². The third kappa shape index (κ3) is 1.92. The number of nitrogens with zero attached hydrogens (tertiary/aromatic N) is 2. The average Bonchev–Trinajstić information content (AvgIpc) is 2.44. The fourth-order valence-electron chi connectivity index (χ4n) is 2.17. The van der Waals surface area contributed by atoms with Gasteiger partial charge in [0.2, 0.25) is 0 Å². The van der Waals surface area contributed by atoms with E-state index in [4.69, 9.17) is 11.6 Å². The summed E-state index contributed by atoms with van der Waals surface area (Å²) in [5.74, 6) is 0. The van der Waals surface area contributed by atoms with Crippen molar-refractivity contribution in [2.75, 3.05) is 0 Å². The van der Waals surface area contributed by atoms with E-state index in [-0.39, 0.29) is 5.56 Å². The number of fused-ring (bicyclic) bond motifs is 1. The highest BCUT2D eigenvalue weighted by Gasteiger charge is 2.11. The lowest BCUT2D eigenvalue weighted by Gasteiger charge is -2.09. The topological polar surface area (TPSA) is 34.9 Å². The summed E-state index contributed by atoms with van der Waals surface area (Å²) >= 11 is 6.17. The zero-order valence-electron chi connectivity index (χ0n) is 10.3. The Morgan fingerprint density at radius 3 is 2.68 bits per heavy atom. The van der Waals surface area contributed by atoms with Crippen LogP contribution in [-0.2, 0) is 7.05 Å². The van der Waals surface area contributed by atoms with E-state index in [2.05, 4.69) is 4.98 Å². The van der Waals surface area contributed by atoms with Crippen LogP contribution < -0.4 is 5.56 Å². The van der Waals surface area contributed by atoms with Crippen molar-refractivity contribution in [2.45, 2.75) is 0 Å². The van der Waals surface area contributed by atoms with Crippen LogP contribution in [0.3, 0.4) is 0 Å². The van der Waals surface area contributed by atoms with Gasteiger partial charge in [0.1, 0.15) is 5.65 Å². The first-order valence-corrected chi connectivity index (χ1v) is 6.26. The van der Waals surface area contributed by atoms with Crippen LogP contribution in [0, 0.1) is 0 Å². The molecule has 0 aliphatic rings. The number of halogens is 1. The van der Waals surface area contributed by atoms with Crippen molar-refractivity contribution >= 4 is 22.6 Å². The quantitative estimate of drug-likeness (QED) is 0.680.